The van der Waals surface area contributed by atoms with Crippen LogP contribution in [0.2, 0.25) is 0 Å². The van der Waals surface area contributed by atoms with Crippen molar-refractivity contribution in [1.82, 2.24) is 0 Å². The molecule has 0 heterocycles. The maximum atomic E-state index is 8.82. The first kappa shape index (κ1) is 10.1. The summed E-state index contributed by atoms with van der Waals surface area (Å²) in [5.74, 6) is 0.722. The quantitative estimate of drug-likeness (QED) is 0.684. The summed E-state index contributed by atoms with van der Waals surface area (Å²) in [5.41, 5.74) is 1.38. The molecule has 0 radical (unpaired) electrons. The van der Waals surface area contributed by atoms with Crippen molar-refractivity contribution >= 4 is 6.08 Å². The molecule has 3 heteroatoms. The molecule has 0 spiro atoms. The highest BCUT2D eigenvalue weighted by Crippen LogP contribution is 2.18. The molecule has 72 valence electrons. The van der Waals surface area contributed by atoms with E-state index in [-0.39, 0.29) is 0 Å². The molecule has 0 aliphatic rings. The summed E-state index contributed by atoms with van der Waals surface area (Å²) in [4.78, 5) is 0. The van der Waals surface area contributed by atoms with Crippen LogP contribution in [0.3, 0.4) is 0 Å². The fourth-order valence-corrected chi connectivity index (χ4v) is 1.05. The smallest absolute Gasteiger partial charge is 0.119 e. The Hall–Kier alpha value is -1.95. The van der Waals surface area contributed by atoms with E-state index in [1.807, 2.05) is 0 Å². The highest BCUT2D eigenvalue weighted by Gasteiger charge is 2.00. The molecule has 0 bridgehead atoms. The molecule has 1 aromatic carbocycles. The molecule has 0 atom stereocenters. The van der Waals surface area contributed by atoms with Gasteiger partial charge in [-0.25, -0.2) is 0 Å². The molecule has 0 aliphatic carbocycles. The van der Waals surface area contributed by atoms with E-state index < -0.39 is 0 Å². The predicted molar refractivity (Wildman–Crippen MR) is 53.8 cm³/mol. The second-order valence-corrected chi connectivity index (χ2v) is 2.60. The van der Waals surface area contributed by atoms with Crippen LogP contribution >= 0.6 is 0 Å². The van der Waals surface area contributed by atoms with Crippen molar-refractivity contribution in [1.29, 1.82) is 5.26 Å². The average molecular weight is 189 g/mol. The third kappa shape index (κ3) is 2.27. The van der Waals surface area contributed by atoms with Gasteiger partial charge < -0.3 is 9.47 Å². The lowest BCUT2D eigenvalue weighted by atomic mass is 10.1. The zero-order chi connectivity index (χ0) is 10.4. The first-order chi connectivity index (χ1) is 6.81. The largest absolute Gasteiger partial charge is 0.504 e. The average Bonchev–Trinajstić information content (AvgIpc) is 2.25. The van der Waals surface area contributed by atoms with Crippen LogP contribution in [-0.4, -0.2) is 14.2 Å². The second-order valence-electron chi connectivity index (χ2n) is 2.60. The fourth-order valence-electron chi connectivity index (χ4n) is 1.05. The first-order valence-corrected chi connectivity index (χ1v) is 4.09. The summed E-state index contributed by atoms with van der Waals surface area (Å²) in [6, 6.07) is 7.35. The summed E-state index contributed by atoms with van der Waals surface area (Å²) < 4.78 is 9.84. The Bertz CT molecular complexity index is 377. The van der Waals surface area contributed by atoms with E-state index in [0.29, 0.717) is 5.56 Å². The van der Waals surface area contributed by atoms with Crippen LogP contribution < -0.4 is 4.74 Å². The van der Waals surface area contributed by atoms with Crippen LogP contribution in [0.5, 0.6) is 5.75 Å². The molecule has 0 amide bonds. The standard InChI is InChI=1S/C11H11NO2/c1-13-6-5-9-7-11(14-2)4-3-10(9)8-12/h3-7H,1-2H3/b6-5+. The molecule has 0 aliphatic heterocycles. The molecule has 1 rings (SSSR count). The van der Waals surface area contributed by atoms with Gasteiger partial charge in [0.25, 0.3) is 0 Å². The molecule has 0 saturated heterocycles. The number of nitriles is 1. The Kier molecular flexibility index (Phi) is 3.57. The van der Waals surface area contributed by atoms with Crippen molar-refractivity contribution in [3.63, 3.8) is 0 Å². The van der Waals surface area contributed by atoms with Crippen LogP contribution in [0.15, 0.2) is 24.5 Å². The van der Waals surface area contributed by atoms with E-state index in [4.69, 9.17) is 14.7 Å². The summed E-state index contributed by atoms with van der Waals surface area (Å²) >= 11 is 0. The summed E-state index contributed by atoms with van der Waals surface area (Å²) in [6.07, 6.45) is 3.25. The van der Waals surface area contributed by atoms with Crippen LogP contribution in [0, 0.1) is 11.3 Å². The summed E-state index contributed by atoms with van der Waals surface area (Å²) in [6.45, 7) is 0. The Morgan fingerprint density at radius 1 is 1.36 bits per heavy atom. The highest BCUT2D eigenvalue weighted by atomic mass is 16.5. The van der Waals surface area contributed by atoms with E-state index >= 15 is 0 Å². The van der Waals surface area contributed by atoms with Crippen LogP contribution in [0.4, 0.5) is 0 Å². The SMILES string of the molecule is CO/C=C/c1cc(OC)ccc1C#N. The number of rotatable bonds is 3. The van der Waals surface area contributed by atoms with Crippen LogP contribution in [-0.2, 0) is 4.74 Å². The zero-order valence-electron chi connectivity index (χ0n) is 8.15. The minimum absolute atomic E-state index is 0.596. The van der Waals surface area contributed by atoms with E-state index in [0.717, 1.165) is 11.3 Å². The second kappa shape index (κ2) is 4.93. The van der Waals surface area contributed by atoms with E-state index in [9.17, 15) is 0 Å². The Labute approximate surface area is 83.2 Å². The molecular formula is C11H11NO2. The highest BCUT2D eigenvalue weighted by molar-refractivity contribution is 5.59. The number of hydrogen-bond acceptors (Lipinski definition) is 3. The van der Waals surface area contributed by atoms with Crippen molar-refractivity contribution < 1.29 is 9.47 Å². The monoisotopic (exact) mass is 189 g/mol. The predicted octanol–water partition coefficient (Wildman–Crippen LogP) is 2.18. The number of hydrogen-bond donors (Lipinski definition) is 0. The van der Waals surface area contributed by atoms with Gasteiger partial charge in [0.2, 0.25) is 0 Å². The van der Waals surface area contributed by atoms with E-state index in [2.05, 4.69) is 6.07 Å². The van der Waals surface area contributed by atoms with E-state index in [1.165, 1.54) is 6.26 Å². The summed E-state index contributed by atoms with van der Waals surface area (Å²) in [7, 11) is 3.15. The molecule has 0 aromatic heterocycles. The van der Waals surface area contributed by atoms with Gasteiger partial charge in [-0.3, -0.25) is 0 Å². The van der Waals surface area contributed by atoms with Gasteiger partial charge >= 0.3 is 0 Å². The number of ether oxygens (including phenoxy) is 2. The Morgan fingerprint density at radius 2 is 2.14 bits per heavy atom. The van der Waals surface area contributed by atoms with Crippen molar-refractivity contribution in [3.8, 4) is 11.8 Å². The number of benzene rings is 1. The molecule has 1 aromatic rings. The minimum Gasteiger partial charge on any atom is -0.504 e. The fraction of sp³-hybridized carbons (Fsp3) is 0.182. The molecule has 0 saturated carbocycles. The van der Waals surface area contributed by atoms with Crippen LogP contribution in [0.1, 0.15) is 11.1 Å². The molecule has 0 fully saturated rings. The summed E-state index contributed by atoms with van der Waals surface area (Å²) in [5, 5.41) is 8.82. The third-order valence-electron chi connectivity index (χ3n) is 1.76. The lowest BCUT2D eigenvalue weighted by molar-refractivity contribution is 0.341. The lowest BCUT2D eigenvalue weighted by Crippen LogP contribution is -1.87. The maximum Gasteiger partial charge on any atom is 0.119 e. The van der Waals surface area contributed by atoms with Gasteiger partial charge in [0, 0.05) is 0 Å². The van der Waals surface area contributed by atoms with Gasteiger partial charge in [-0.1, -0.05) is 0 Å². The minimum atomic E-state index is 0.596. The van der Waals surface area contributed by atoms with E-state index in [1.54, 1.807) is 38.5 Å². The number of methoxy groups -OCH3 is 2. The van der Waals surface area contributed by atoms with Crippen molar-refractivity contribution in [2.24, 2.45) is 0 Å². The first-order valence-electron chi connectivity index (χ1n) is 4.09. The normalized spacial score (nSPS) is 9.79. The van der Waals surface area contributed by atoms with Gasteiger partial charge in [-0.15, -0.1) is 0 Å². The Morgan fingerprint density at radius 3 is 2.71 bits per heavy atom. The van der Waals surface area contributed by atoms with Gasteiger partial charge in [-0.2, -0.15) is 5.26 Å². The lowest BCUT2D eigenvalue weighted by Gasteiger charge is -2.02. The van der Waals surface area contributed by atoms with Crippen molar-refractivity contribution in [3.05, 3.63) is 35.6 Å². The Balaban J connectivity index is 3.10. The molecular weight excluding hydrogens is 178 g/mol. The topological polar surface area (TPSA) is 42.2 Å². The zero-order valence-corrected chi connectivity index (χ0v) is 8.15. The van der Waals surface area contributed by atoms with Gasteiger partial charge in [-0.05, 0) is 29.8 Å². The van der Waals surface area contributed by atoms with Crippen molar-refractivity contribution in [2.45, 2.75) is 0 Å². The van der Waals surface area contributed by atoms with Gasteiger partial charge in [0.05, 0.1) is 32.1 Å². The van der Waals surface area contributed by atoms with Gasteiger partial charge in [0.1, 0.15) is 5.75 Å². The van der Waals surface area contributed by atoms with Crippen LogP contribution in [0.25, 0.3) is 6.08 Å². The third-order valence-corrected chi connectivity index (χ3v) is 1.76. The molecule has 14 heavy (non-hydrogen) atoms. The van der Waals surface area contributed by atoms with Gasteiger partial charge in [0.15, 0.2) is 0 Å². The molecule has 0 N–H and O–H groups in total. The maximum absolute atomic E-state index is 8.82. The van der Waals surface area contributed by atoms with Crippen molar-refractivity contribution in [2.75, 3.05) is 14.2 Å². The molecule has 0 unspecified atom stereocenters. The number of nitrogens with zero attached hydrogens (tertiary/aromatic N) is 1. The molecule has 3 nitrogen and oxygen atoms in total.